The minimum Gasteiger partial charge on any atom is -0.397 e. The van der Waals surface area contributed by atoms with Crippen LogP contribution in [0, 0.1) is 5.92 Å². The van der Waals surface area contributed by atoms with E-state index in [0.29, 0.717) is 22.5 Å². The summed E-state index contributed by atoms with van der Waals surface area (Å²) in [5.41, 5.74) is 6.72. The fourth-order valence-corrected chi connectivity index (χ4v) is 3.97. The SMILES string of the molecule is CCCC1CC1NC(=O)c1sc2ccc(Br)cc2c1N. The molecule has 3 rings (SSSR count). The second-order valence-corrected chi connectivity index (χ2v) is 7.32. The van der Waals surface area contributed by atoms with Crippen molar-refractivity contribution < 1.29 is 4.79 Å². The zero-order chi connectivity index (χ0) is 14.3. The van der Waals surface area contributed by atoms with Gasteiger partial charge in [0.2, 0.25) is 0 Å². The summed E-state index contributed by atoms with van der Waals surface area (Å²) in [6.07, 6.45) is 3.48. The molecule has 106 valence electrons. The number of halogens is 1. The van der Waals surface area contributed by atoms with Gasteiger partial charge in [0.1, 0.15) is 4.88 Å². The summed E-state index contributed by atoms with van der Waals surface area (Å²) >= 11 is 4.90. The van der Waals surface area contributed by atoms with Gasteiger partial charge in [0.25, 0.3) is 5.91 Å². The highest BCUT2D eigenvalue weighted by Crippen LogP contribution is 2.38. The van der Waals surface area contributed by atoms with Crippen LogP contribution in [0.3, 0.4) is 0 Å². The lowest BCUT2D eigenvalue weighted by Gasteiger charge is -2.03. The molecule has 0 saturated heterocycles. The quantitative estimate of drug-likeness (QED) is 0.867. The maximum absolute atomic E-state index is 12.3. The summed E-state index contributed by atoms with van der Waals surface area (Å²) in [6, 6.07) is 6.28. The molecule has 0 radical (unpaired) electrons. The van der Waals surface area contributed by atoms with E-state index in [1.165, 1.54) is 24.2 Å². The van der Waals surface area contributed by atoms with E-state index in [1.807, 2.05) is 18.2 Å². The maximum atomic E-state index is 12.3. The molecule has 0 aliphatic heterocycles. The third-order valence-corrected chi connectivity index (χ3v) is 5.47. The minimum atomic E-state index is -0.0246. The first-order chi connectivity index (χ1) is 9.60. The van der Waals surface area contributed by atoms with Crippen LogP contribution in [-0.2, 0) is 0 Å². The van der Waals surface area contributed by atoms with Gasteiger partial charge in [-0.15, -0.1) is 11.3 Å². The molecule has 1 heterocycles. The summed E-state index contributed by atoms with van der Waals surface area (Å²) in [4.78, 5) is 13.0. The minimum absolute atomic E-state index is 0.0246. The van der Waals surface area contributed by atoms with Gasteiger partial charge in [-0.05, 0) is 37.0 Å². The Hall–Kier alpha value is -1.07. The summed E-state index contributed by atoms with van der Waals surface area (Å²) in [5, 5.41) is 4.06. The van der Waals surface area contributed by atoms with E-state index >= 15 is 0 Å². The Morgan fingerprint density at radius 1 is 1.55 bits per heavy atom. The number of carbonyl (C=O) groups is 1. The third-order valence-electron chi connectivity index (χ3n) is 3.79. The molecular weight excluding hydrogens is 336 g/mol. The Morgan fingerprint density at radius 2 is 2.35 bits per heavy atom. The van der Waals surface area contributed by atoms with Crippen molar-refractivity contribution in [3.63, 3.8) is 0 Å². The molecule has 2 aromatic rings. The van der Waals surface area contributed by atoms with Gasteiger partial charge in [0.05, 0.1) is 5.69 Å². The molecule has 0 spiro atoms. The molecule has 20 heavy (non-hydrogen) atoms. The van der Waals surface area contributed by atoms with Crippen LogP contribution in [0.2, 0.25) is 0 Å². The van der Waals surface area contributed by atoms with Crippen LogP contribution in [0.4, 0.5) is 5.69 Å². The van der Waals surface area contributed by atoms with Crippen molar-refractivity contribution in [2.75, 3.05) is 5.73 Å². The largest absolute Gasteiger partial charge is 0.397 e. The summed E-state index contributed by atoms with van der Waals surface area (Å²) in [6.45, 7) is 2.18. The van der Waals surface area contributed by atoms with Gasteiger partial charge in [-0.3, -0.25) is 4.79 Å². The average Bonchev–Trinajstić information content (AvgIpc) is 3.05. The Morgan fingerprint density at radius 3 is 3.10 bits per heavy atom. The maximum Gasteiger partial charge on any atom is 0.263 e. The number of thiophene rings is 1. The van der Waals surface area contributed by atoms with Crippen LogP contribution in [-0.4, -0.2) is 11.9 Å². The fourth-order valence-electron chi connectivity index (χ4n) is 2.61. The molecule has 1 aliphatic carbocycles. The molecule has 3 nitrogen and oxygen atoms in total. The highest BCUT2D eigenvalue weighted by atomic mass is 79.9. The van der Waals surface area contributed by atoms with Crippen molar-refractivity contribution in [2.24, 2.45) is 5.92 Å². The van der Waals surface area contributed by atoms with E-state index in [2.05, 4.69) is 28.2 Å². The van der Waals surface area contributed by atoms with Gasteiger partial charge >= 0.3 is 0 Å². The van der Waals surface area contributed by atoms with E-state index in [9.17, 15) is 4.79 Å². The Bertz CT molecular complexity index is 667. The predicted molar refractivity (Wildman–Crippen MR) is 88.2 cm³/mol. The van der Waals surface area contributed by atoms with Crippen molar-refractivity contribution >= 4 is 48.9 Å². The van der Waals surface area contributed by atoms with Crippen molar-refractivity contribution in [1.82, 2.24) is 5.32 Å². The zero-order valence-electron chi connectivity index (χ0n) is 11.3. The molecule has 3 N–H and O–H groups in total. The topological polar surface area (TPSA) is 55.1 Å². The number of benzene rings is 1. The summed E-state index contributed by atoms with van der Waals surface area (Å²) in [7, 11) is 0. The van der Waals surface area contributed by atoms with Crippen LogP contribution in [0.25, 0.3) is 10.1 Å². The monoisotopic (exact) mass is 352 g/mol. The molecule has 1 aromatic heterocycles. The van der Waals surface area contributed by atoms with E-state index in [-0.39, 0.29) is 5.91 Å². The van der Waals surface area contributed by atoms with Crippen LogP contribution in [0.1, 0.15) is 35.9 Å². The Kier molecular flexibility index (Phi) is 3.73. The van der Waals surface area contributed by atoms with Crippen LogP contribution in [0.5, 0.6) is 0 Å². The van der Waals surface area contributed by atoms with Crippen molar-refractivity contribution in [1.29, 1.82) is 0 Å². The normalized spacial score (nSPS) is 21.1. The number of nitrogens with two attached hydrogens (primary N) is 1. The van der Waals surface area contributed by atoms with Gasteiger partial charge in [-0.25, -0.2) is 0 Å². The zero-order valence-corrected chi connectivity index (χ0v) is 13.7. The summed E-state index contributed by atoms with van der Waals surface area (Å²) < 4.78 is 2.03. The first kappa shape index (κ1) is 13.9. The molecule has 2 unspecified atom stereocenters. The second kappa shape index (κ2) is 5.37. The van der Waals surface area contributed by atoms with Crippen LogP contribution >= 0.6 is 27.3 Å². The van der Waals surface area contributed by atoms with Crippen molar-refractivity contribution in [2.45, 2.75) is 32.2 Å². The molecule has 0 bridgehead atoms. The highest BCUT2D eigenvalue weighted by molar-refractivity contribution is 9.10. The molecule has 1 fully saturated rings. The van der Waals surface area contributed by atoms with Crippen molar-refractivity contribution in [3.05, 3.63) is 27.5 Å². The Balaban J connectivity index is 1.80. The number of hydrogen-bond donors (Lipinski definition) is 2. The van der Waals surface area contributed by atoms with Crippen LogP contribution < -0.4 is 11.1 Å². The fraction of sp³-hybridized carbons (Fsp3) is 0.400. The first-order valence-corrected chi connectivity index (χ1v) is 8.49. The van der Waals surface area contributed by atoms with Gasteiger partial charge in [0, 0.05) is 20.6 Å². The standard InChI is InChI=1S/C15H17BrN2OS/c1-2-3-8-6-11(8)18-15(19)14-13(17)10-7-9(16)4-5-12(10)20-14/h4-5,7-8,11H,2-3,6,17H2,1H3,(H,18,19). The number of nitrogens with one attached hydrogen (secondary N) is 1. The van der Waals surface area contributed by atoms with E-state index in [0.717, 1.165) is 21.0 Å². The van der Waals surface area contributed by atoms with E-state index < -0.39 is 0 Å². The lowest BCUT2D eigenvalue weighted by Crippen LogP contribution is -2.26. The number of fused-ring (bicyclic) bond motifs is 1. The number of amides is 1. The number of rotatable bonds is 4. The Labute approximate surface area is 130 Å². The third kappa shape index (κ3) is 2.56. The molecule has 1 amide bonds. The average molecular weight is 353 g/mol. The molecular formula is C15H17BrN2OS. The first-order valence-electron chi connectivity index (χ1n) is 6.88. The number of carbonyl (C=O) groups excluding carboxylic acids is 1. The molecule has 2 atom stereocenters. The summed E-state index contributed by atoms with van der Waals surface area (Å²) in [5.74, 6) is 0.636. The van der Waals surface area contributed by atoms with Gasteiger partial charge in [-0.1, -0.05) is 29.3 Å². The van der Waals surface area contributed by atoms with Gasteiger partial charge < -0.3 is 11.1 Å². The second-order valence-electron chi connectivity index (χ2n) is 5.35. The van der Waals surface area contributed by atoms with Crippen LogP contribution in [0.15, 0.2) is 22.7 Å². The number of nitrogen functional groups attached to an aromatic ring is 1. The number of anilines is 1. The predicted octanol–water partition coefficient (Wildman–Crippen LogP) is 4.16. The smallest absolute Gasteiger partial charge is 0.263 e. The molecule has 1 saturated carbocycles. The van der Waals surface area contributed by atoms with Gasteiger partial charge in [0.15, 0.2) is 0 Å². The lowest BCUT2D eigenvalue weighted by atomic mass is 10.2. The lowest BCUT2D eigenvalue weighted by molar-refractivity contribution is 0.0954. The molecule has 1 aliphatic rings. The van der Waals surface area contributed by atoms with E-state index in [1.54, 1.807) is 0 Å². The highest BCUT2D eigenvalue weighted by Gasteiger charge is 2.37. The van der Waals surface area contributed by atoms with Gasteiger partial charge in [-0.2, -0.15) is 0 Å². The number of hydrogen-bond acceptors (Lipinski definition) is 3. The molecule has 5 heteroatoms. The van der Waals surface area contributed by atoms with Crippen molar-refractivity contribution in [3.8, 4) is 0 Å². The molecule has 1 aromatic carbocycles. The van der Waals surface area contributed by atoms with E-state index in [4.69, 9.17) is 5.73 Å².